The van der Waals surface area contributed by atoms with Gasteiger partial charge in [0.25, 0.3) is 5.91 Å². The van der Waals surface area contributed by atoms with Crippen LogP contribution in [0.1, 0.15) is 45.7 Å². The van der Waals surface area contributed by atoms with Gasteiger partial charge in [0, 0.05) is 31.7 Å². The van der Waals surface area contributed by atoms with Gasteiger partial charge in [-0.3, -0.25) is 9.69 Å². The van der Waals surface area contributed by atoms with Crippen molar-refractivity contribution in [3.05, 3.63) is 65.5 Å². The smallest absolute Gasteiger partial charge is 0.260 e. The first-order valence-electron chi connectivity index (χ1n) is 10.6. The van der Waals surface area contributed by atoms with Crippen LogP contribution < -0.4 is 4.74 Å². The van der Waals surface area contributed by atoms with Crippen LogP contribution in [0.2, 0.25) is 0 Å². The molecule has 4 nitrogen and oxygen atoms in total. The van der Waals surface area contributed by atoms with E-state index < -0.39 is 0 Å². The molecule has 2 aromatic carbocycles. The largest absolute Gasteiger partial charge is 0.484 e. The summed E-state index contributed by atoms with van der Waals surface area (Å²) in [6.45, 7) is 13.0. The lowest BCUT2D eigenvalue weighted by Gasteiger charge is -2.44. The Kier molecular flexibility index (Phi) is 6.81. The van der Waals surface area contributed by atoms with Crippen LogP contribution in [-0.4, -0.2) is 47.5 Å². The Morgan fingerprint density at radius 1 is 1.00 bits per heavy atom. The van der Waals surface area contributed by atoms with E-state index in [-0.39, 0.29) is 35.8 Å². The summed E-state index contributed by atoms with van der Waals surface area (Å²) in [5.74, 6) is 0.506. The molecule has 2 aromatic rings. The van der Waals surface area contributed by atoms with Crippen LogP contribution in [0.3, 0.4) is 0 Å². The maximum absolute atomic E-state index is 13.1. The highest BCUT2D eigenvalue weighted by molar-refractivity contribution is 5.78. The molecule has 162 valence electrons. The SMILES string of the molecule is C[C@@H]1CN(C(=O)COc2ccc(C(C)(C)C)cc2)[C@@H](C)CN1Cc1ccc(F)cc1. The fourth-order valence-electron chi connectivity index (χ4n) is 3.87. The second-order valence-corrected chi connectivity index (χ2v) is 9.36. The van der Waals surface area contributed by atoms with Gasteiger partial charge in [0.2, 0.25) is 0 Å². The molecule has 3 rings (SSSR count). The van der Waals surface area contributed by atoms with E-state index >= 15 is 0 Å². The van der Waals surface area contributed by atoms with E-state index in [4.69, 9.17) is 4.74 Å². The maximum atomic E-state index is 13.1. The third-order valence-electron chi connectivity index (χ3n) is 5.82. The Bertz CT molecular complexity index is 843. The van der Waals surface area contributed by atoms with Gasteiger partial charge in [0.1, 0.15) is 11.6 Å². The van der Waals surface area contributed by atoms with Gasteiger partial charge < -0.3 is 9.64 Å². The Morgan fingerprint density at radius 2 is 1.63 bits per heavy atom. The molecule has 1 aliphatic rings. The molecule has 0 spiro atoms. The van der Waals surface area contributed by atoms with Crippen molar-refractivity contribution < 1.29 is 13.9 Å². The predicted octanol–water partition coefficient (Wildman–Crippen LogP) is 4.62. The standard InChI is InChI=1S/C25H33FN2O2/c1-18-15-28(19(2)14-27(18)16-20-6-10-22(26)11-7-20)24(29)17-30-23-12-8-21(9-13-23)25(3,4)5/h6-13,18-19H,14-17H2,1-5H3/t18-,19+/m1/s1. The van der Waals surface area contributed by atoms with Crippen LogP contribution in [0.5, 0.6) is 5.75 Å². The van der Waals surface area contributed by atoms with Crippen LogP contribution in [0.15, 0.2) is 48.5 Å². The number of carbonyl (C=O) groups excluding carboxylic acids is 1. The molecule has 0 aromatic heterocycles. The van der Waals surface area contributed by atoms with E-state index in [0.717, 1.165) is 18.7 Å². The van der Waals surface area contributed by atoms with E-state index in [1.165, 1.54) is 17.7 Å². The zero-order chi connectivity index (χ0) is 21.9. The Hall–Kier alpha value is -2.40. The van der Waals surface area contributed by atoms with Crippen molar-refractivity contribution in [2.45, 2.75) is 58.7 Å². The fourth-order valence-corrected chi connectivity index (χ4v) is 3.87. The first-order chi connectivity index (χ1) is 14.1. The fraction of sp³-hybridized carbons (Fsp3) is 0.480. The highest BCUT2D eigenvalue weighted by Gasteiger charge is 2.32. The van der Waals surface area contributed by atoms with Crippen molar-refractivity contribution in [3.63, 3.8) is 0 Å². The molecule has 0 unspecified atom stereocenters. The number of rotatable bonds is 5. The number of nitrogens with zero attached hydrogens (tertiary/aromatic N) is 2. The molecule has 30 heavy (non-hydrogen) atoms. The van der Waals surface area contributed by atoms with Crippen molar-refractivity contribution in [2.75, 3.05) is 19.7 Å². The minimum absolute atomic E-state index is 0.00989. The number of piperazine rings is 1. The third kappa shape index (κ3) is 5.60. The molecule has 0 radical (unpaired) electrons. The molecule has 1 heterocycles. The average molecular weight is 413 g/mol. The molecule has 1 amide bonds. The number of amides is 1. The summed E-state index contributed by atoms with van der Waals surface area (Å²) in [4.78, 5) is 17.0. The molecule has 1 aliphatic heterocycles. The number of hydrogen-bond acceptors (Lipinski definition) is 3. The van der Waals surface area contributed by atoms with Gasteiger partial charge in [-0.2, -0.15) is 0 Å². The molecule has 1 fully saturated rings. The van der Waals surface area contributed by atoms with Gasteiger partial charge in [-0.05, 0) is 54.7 Å². The molecule has 0 bridgehead atoms. The lowest BCUT2D eigenvalue weighted by atomic mass is 9.87. The normalized spacial score (nSPS) is 20.3. The van der Waals surface area contributed by atoms with E-state index in [1.54, 1.807) is 0 Å². The number of carbonyl (C=O) groups is 1. The number of halogens is 1. The molecule has 2 atom stereocenters. The minimum atomic E-state index is -0.219. The zero-order valence-corrected chi connectivity index (χ0v) is 18.7. The molecule has 0 saturated carbocycles. The Morgan fingerprint density at radius 3 is 2.23 bits per heavy atom. The summed E-state index contributed by atoms with van der Waals surface area (Å²) >= 11 is 0. The summed E-state index contributed by atoms with van der Waals surface area (Å²) in [5.41, 5.74) is 2.41. The summed E-state index contributed by atoms with van der Waals surface area (Å²) in [7, 11) is 0. The zero-order valence-electron chi connectivity index (χ0n) is 18.7. The number of benzene rings is 2. The number of hydrogen-bond donors (Lipinski definition) is 0. The molecule has 5 heteroatoms. The van der Waals surface area contributed by atoms with Gasteiger partial charge in [0.05, 0.1) is 0 Å². The molecule has 1 saturated heterocycles. The quantitative estimate of drug-likeness (QED) is 0.718. The van der Waals surface area contributed by atoms with Gasteiger partial charge >= 0.3 is 0 Å². The monoisotopic (exact) mass is 412 g/mol. The molecule has 0 aliphatic carbocycles. The Balaban J connectivity index is 1.53. The van der Waals surface area contributed by atoms with Crippen molar-refractivity contribution in [1.29, 1.82) is 0 Å². The second kappa shape index (κ2) is 9.17. The third-order valence-corrected chi connectivity index (χ3v) is 5.82. The summed E-state index contributed by atoms with van der Waals surface area (Å²) in [6.07, 6.45) is 0. The van der Waals surface area contributed by atoms with Gasteiger partial charge in [0.15, 0.2) is 6.61 Å². The van der Waals surface area contributed by atoms with E-state index in [0.29, 0.717) is 12.3 Å². The molecular formula is C25H33FN2O2. The van der Waals surface area contributed by atoms with Crippen molar-refractivity contribution in [3.8, 4) is 5.75 Å². The first-order valence-corrected chi connectivity index (χ1v) is 10.6. The highest BCUT2D eigenvalue weighted by atomic mass is 19.1. The van der Waals surface area contributed by atoms with Crippen LogP contribution >= 0.6 is 0 Å². The molecular weight excluding hydrogens is 379 g/mol. The van der Waals surface area contributed by atoms with Gasteiger partial charge in [-0.1, -0.05) is 45.0 Å². The van der Waals surface area contributed by atoms with Crippen molar-refractivity contribution in [2.24, 2.45) is 0 Å². The summed E-state index contributed by atoms with van der Waals surface area (Å²) in [6, 6.07) is 14.9. The lowest BCUT2D eigenvalue weighted by Crippen LogP contribution is -2.58. The maximum Gasteiger partial charge on any atom is 0.260 e. The Labute approximate surface area is 179 Å². The second-order valence-electron chi connectivity index (χ2n) is 9.36. The predicted molar refractivity (Wildman–Crippen MR) is 118 cm³/mol. The average Bonchev–Trinajstić information content (AvgIpc) is 2.70. The van der Waals surface area contributed by atoms with Crippen molar-refractivity contribution in [1.82, 2.24) is 9.80 Å². The van der Waals surface area contributed by atoms with Crippen LogP contribution in [0.25, 0.3) is 0 Å². The lowest BCUT2D eigenvalue weighted by molar-refractivity contribution is -0.139. The molecule has 0 N–H and O–H groups in total. The van der Waals surface area contributed by atoms with Crippen LogP contribution in [-0.2, 0) is 16.8 Å². The topological polar surface area (TPSA) is 32.8 Å². The summed E-state index contributed by atoms with van der Waals surface area (Å²) in [5, 5.41) is 0. The van der Waals surface area contributed by atoms with Gasteiger partial charge in [-0.25, -0.2) is 4.39 Å². The van der Waals surface area contributed by atoms with E-state index in [2.05, 4.69) is 51.7 Å². The first kappa shape index (κ1) is 22.3. The van der Waals surface area contributed by atoms with E-state index in [1.807, 2.05) is 29.2 Å². The van der Waals surface area contributed by atoms with E-state index in [9.17, 15) is 9.18 Å². The minimum Gasteiger partial charge on any atom is -0.484 e. The van der Waals surface area contributed by atoms with Crippen molar-refractivity contribution >= 4 is 5.91 Å². The highest BCUT2D eigenvalue weighted by Crippen LogP contribution is 2.24. The number of ether oxygens (including phenoxy) is 1. The van der Waals surface area contributed by atoms with Crippen LogP contribution in [0.4, 0.5) is 4.39 Å². The van der Waals surface area contributed by atoms with Gasteiger partial charge in [-0.15, -0.1) is 0 Å². The van der Waals surface area contributed by atoms with Crippen LogP contribution in [0, 0.1) is 5.82 Å². The summed E-state index contributed by atoms with van der Waals surface area (Å²) < 4.78 is 18.9.